The monoisotopic (exact) mass is 519 g/mol. The summed E-state index contributed by atoms with van der Waals surface area (Å²) >= 11 is 0. The number of rotatable bonds is 5. The molecule has 7 nitrogen and oxygen atoms in total. The van der Waals surface area contributed by atoms with Gasteiger partial charge in [-0.05, 0) is 42.5 Å². The van der Waals surface area contributed by atoms with E-state index in [0.717, 1.165) is 23.0 Å². The predicted octanol–water partition coefficient (Wildman–Crippen LogP) is 6.05. The molecule has 0 amide bonds. The highest BCUT2D eigenvalue weighted by molar-refractivity contribution is 5.84. The van der Waals surface area contributed by atoms with Gasteiger partial charge in [0, 0.05) is 34.3 Å². The zero-order valence-corrected chi connectivity index (χ0v) is 19.5. The summed E-state index contributed by atoms with van der Waals surface area (Å²) in [4.78, 5) is 22.1. The van der Waals surface area contributed by atoms with E-state index in [-0.39, 0.29) is 29.5 Å². The van der Waals surface area contributed by atoms with E-state index in [2.05, 4.69) is 15.1 Å². The molecule has 0 spiro atoms. The van der Waals surface area contributed by atoms with Crippen molar-refractivity contribution >= 4 is 21.8 Å². The third-order valence-electron chi connectivity index (χ3n) is 6.16. The maximum absolute atomic E-state index is 13.3. The number of benzene rings is 2. The summed E-state index contributed by atoms with van der Waals surface area (Å²) in [5, 5.41) is 5.54. The van der Waals surface area contributed by atoms with Crippen molar-refractivity contribution in [1.82, 2.24) is 24.3 Å². The van der Waals surface area contributed by atoms with Gasteiger partial charge in [-0.1, -0.05) is 18.2 Å². The van der Waals surface area contributed by atoms with Gasteiger partial charge in [0.1, 0.15) is 12.2 Å². The maximum atomic E-state index is 13.3. The van der Waals surface area contributed by atoms with Crippen LogP contribution in [-0.2, 0) is 12.7 Å². The van der Waals surface area contributed by atoms with Crippen molar-refractivity contribution in [1.29, 1.82) is 0 Å². The number of aryl methyl sites for hydroxylation is 1. The Morgan fingerprint density at radius 2 is 1.74 bits per heavy atom. The molecule has 4 aromatic heterocycles. The molecular weight excluding hydrogens is 502 g/mol. The lowest BCUT2D eigenvalue weighted by molar-refractivity contribution is -0.137. The van der Waals surface area contributed by atoms with Crippen molar-refractivity contribution in [3.63, 3.8) is 0 Å². The van der Waals surface area contributed by atoms with Crippen molar-refractivity contribution in [2.24, 2.45) is 0 Å². The van der Waals surface area contributed by atoms with Gasteiger partial charge in [0.15, 0.2) is 11.6 Å². The maximum Gasteiger partial charge on any atom is 0.416 e. The van der Waals surface area contributed by atoms with Crippen LogP contribution >= 0.6 is 0 Å². The Hall–Kier alpha value is -4.80. The molecule has 0 bridgehead atoms. The molecule has 0 unspecified atom stereocenters. The molecule has 0 saturated heterocycles. The molecule has 190 valence electrons. The molecule has 0 atom stereocenters. The lowest BCUT2D eigenvalue weighted by atomic mass is 10.1. The van der Waals surface area contributed by atoms with Crippen LogP contribution in [0.25, 0.3) is 50.4 Å². The average Bonchev–Trinajstić information content (AvgIpc) is 3.53. The van der Waals surface area contributed by atoms with Crippen LogP contribution in [0.3, 0.4) is 0 Å². The standard InChI is InChI=1S/C27H17F4N5O2/c28-10-13-36-21-8-5-18(14-19(21)15-33-36)25-34-24(35-12-9-16-2-1-11-32-22(16)26(35)37)23(38-25)17-3-6-20(7-4-17)27(29,30)31/h1-9,11-12,14-15H,10,13H2. The van der Waals surface area contributed by atoms with Gasteiger partial charge in [0.25, 0.3) is 5.56 Å². The summed E-state index contributed by atoms with van der Waals surface area (Å²) in [5.41, 5.74) is 0.502. The van der Waals surface area contributed by atoms with E-state index in [1.54, 1.807) is 42.6 Å². The number of aromatic nitrogens is 5. The highest BCUT2D eigenvalue weighted by Gasteiger charge is 2.30. The van der Waals surface area contributed by atoms with Crippen LogP contribution in [0.2, 0.25) is 0 Å². The SMILES string of the molecule is O=c1c2ncccc2ccn1-c1nc(-c2ccc3c(cnn3CCF)c2)oc1-c1ccc(C(F)(F)F)cc1. The Bertz CT molecular complexity index is 1850. The minimum absolute atomic E-state index is 0.102. The molecule has 0 aliphatic heterocycles. The minimum Gasteiger partial charge on any atom is -0.434 e. The molecule has 6 rings (SSSR count). The number of hydrogen-bond acceptors (Lipinski definition) is 5. The van der Waals surface area contributed by atoms with Crippen LogP contribution in [0.4, 0.5) is 17.6 Å². The van der Waals surface area contributed by atoms with Gasteiger partial charge >= 0.3 is 6.18 Å². The van der Waals surface area contributed by atoms with E-state index in [4.69, 9.17) is 4.42 Å². The molecule has 0 fully saturated rings. The van der Waals surface area contributed by atoms with E-state index in [1.165, 1.54) is 33.8 Å². The van der Waals surface area contributed by atoms with Gasteiger partial charge in [-0.2, -0.15) is 23.3 Å². The molecule has 0 aliphatic rings. The van der Waals surface area contributed by atoms with Crippen LogP contribution in [0, 0.1) is 0 Å². The van der Waals surface area contributed by atoms with Crippen LogP contribution in [0.5, 0.6) is 0 Å². The Morgan fingerprint density at radius 1 is 0.947 bits per heavy atom. The minimum atomic E-state index is -4.50. The van der Waals surface area contributed by atoms with Crippen LogP contribution in [0.15, 0.2) is 88.5 Å². The topological polar surface area (TPSA) is 78.7 Å². The van der Waals surface area contributed by atoms with Crippen molar-refractivity contribution in [3.8, 4) is 28.6 Å². The van der Waals surface area contributed by atoms with E-state index in [0.29, 0.717) is 16.5 Å². The van der Waals surface area contributed by atoms with Gasteiger partial charge in [0.05, 0.1) is 23.8 Å². The van der Waals surface area contributed by atoms with Crippen LogP contribution in [-0.4, -0.2) is 31.0 Å². The Labute approximate surface area is 211 Å². The fraction of sp³-hybridized carbons (Fsp3) is 0.111. The molecule has 0 N–H and O–H groups in total. The van der Waals surface area contributed by atoms with Crippen molar-refractivity contribution < 1.29 is 22.0 Å². The summed E-state index contributed by atoms with van der Waals surface area (Å²) < 4.78 is 61.2. The highest BCUT2D eigenvalue weighted by atomic mass is 19.4. The van der Waals surface area contributed by atoms with Crippen LogP contribution in [0.1, 0.15) is 5.56 Å². The molecule has 11 heteroatoms. The molecule has 0 aliphatic carbocycles. The van der Waals surface area contributed by atoms with Gasteiger partial charge in [0.2, 0.25) is 5.89 Å². The zero-order chi connectivity index (χ0) is 26.4. The third-order valence-corrected chi connectivity index (χ3v) is 6.16. The van der Waals surface area contributed by atoms with Gasteiger partial charge < -0.3 is 4.42 Å². The zero-order valence-electron chi connectivity index (χ0n) is 19.5. The van der Waals surface area contributed by atoms with Crippen molar-refractivity contribution in [2.45, 2.75) is 12.7 Å². The molecule has 38 heavy (non-hydrogen) atoms. The number of pyridine rings is 2. The third kappa shape index (κ3) is 4.01. The Morgan fingerprint density at radius 3 is 2.50 bits per heavy atom. The van der Waals surface area contributed by atoms with Crippen molar-refractivity contribution in [2.75, 3.05) is 6.67 Å². The van der Waals surface area contributed by atoms with E-state index in [9.17, 15) is 22.4 Å². The van der Waals surface area contributed by atoms with E-state index >= 15 is 0 Å². The average molecular weight is 519 g/mol. The molecule has 4 heterocycles. The largest absolute Gasteiger partial charge is 0.434 e. The second-order valence-electron chi connectivity index (χ2n) is 8.51. The van der Waals surface area contributed by atoms with E-state index < -0.39 is 24.0 Å². The van der Waals surface area contributed by atoms with E-state index in [1.807, 2.05) is 0 Å². The second-order valence-corrected chi connectivity index (χ2v) is 8.51. The summed E-state index contributed by atoms with van der Waals surface area (Å²) in [6.07, 6.45) is 0.106. The first kappa shape index (κ1) is 23.6. The summed E-state index contributed by atoms with van der Waals surface area (Å²) in [6.45, 7) is -0.448. The number of hydrogen-bond donors (Lipinski definition) is 0. The summed E-state index contributed by atoms with van der Waals surface area (Å²) in [7, 11) is 0. The number of fused-ring (bicyclic) bond motifs is 2. The quantitative estimate of drug-likeness (QED) is 0.259. The first-order valence-electron chi connectivity index (χ1n) is 11.5. The molecule has 6 aromatic rings. The predicted molar refractivity (Wildman–Crippen MR) is 133 cm³/mol. The highest BCUT2D eigenvalue weighted by Crippen LogP contribution is 2.35. The van der Waals surface area contributed by atoms with Crippen LogP contribution < -0.4 is 5.56 Å². The second kappa shape index (κ2) is 8.94. The fourth-order valence-electron chi connectivity index (χ4n) is 4.31. The van der Waals surface area contributed by atoms with Gasteiger partial charge in [-0.25, -0.2) is 4.39 Å². The van der Waals surface area contributed by atoms with Crippen molar-refractivity contribution in [3.05, 3.63) is 95.2 Å². The molecular formula is C27H17F4N5O2. The molecule has 2 aromatic carbocycles. The molecule has 0 saturated carbocycles. The lowest BCUT2D eigenvalue weighted by Gasteiger charge is -2.08. The fourth-order valence-corrected chi connectivity index (χ4v) is 4.31. The smallest absolute Gasteiger partial charge is 0.416 e. The first-order valence-corrected chi connectivity index (χ1v) is 11.5. The van der Waals surface area contributed by atoms with Gasteiger partial charge in [-0.15, -0.1) is 0 Å². The summed E-state index contributed by atoms with van der Waals surface area (Å²) in [6, 6.07) is 14.8. The number of alkyl halides is 4. The summed E-state index contributed by atoms with van der Waals surface area (Å²) in [5.74, 6) is 0.355. The Kier molecular flexibility index (Phi) is 5.55. The number of oxazole rings is 1. The van der Waals surface area contributed by atoms with Gasteiger partial charge in [-0.3, -0.25) is 19.0 Å². The number of nitrogens with zero attached hydrogens (tertiary/aromatic N) is 5. The Balaban J connectivity index is 1.53. The first-order chi connectivity index (χ1) is 18.3. The lowest BCUT2D eigenvalue weighted by Crippen LogP contribution is -2.19. The number of halogens is 4. The molecule has 0 radical (unpaired) electrons. The normalized spacial score (nSPS) is 12.0.